The summed E-state index contributed by atoms with van der Waals surface area (Å²) < 4.78 is 64.2. The van der Waals surface area contributed by atoms with Gasteiger partial charge in [-0.3, -0.25) is 4.57 Å². The Labute approximate surface area is 324 Å². The smallest absolute Gasteiger partial charge is 0.393 e. The molecule has 0 spiro atoms. The van der Waals surface area contributed by atoms with Gasteiger partial charge < -0.3 is 47.9 Å². The molecule has 2 aliphatic heterocycles. The molecule has 23 heteroatoms. The molecular weight excluding hydrogens is 781 g/mol. The molecule has 0 unspecified atom stereocenters. The number of ether oxygens (including phenoxy) is 6. The Morgan fingerprint density at radius 1 is 1.16 bits per heavy atom. The van der Waals surface area contributed by atoms with Crippen LogP contribution in [0.5, 0.6) is 5.88 Å². The predicted molar refractivity (Wildman–Crippen MR) is 197 cm³/mol. The van der Waals surface area contributed by atoms with Crippen LogP contribution >= 0.6 is 19.2 Å². The van der Waals surface area contributed by atoms with Gasteiger partial charge in [0, 0.05) is 20.7 Å². The second kappa shape index (κ2) is 17.0. The van der Waals surface area contributed by atoms with Gasteiger partial charge in [0.1, 0.15) is 23.7 Å². The van der Waals surface area contributed by atoms with E-state index in [1.807, 2.05) is 0 Å². The maximum Gasteiger partial charge on any atom is 0.414 e. The summed E-state index contributed by atoms with van der Waals surface area (Å²) in [7, 11) is -5.54. The molecule has 3 aromatic rings. The quantitative estimate of drug-likeness (QED) is 0.0752. The summed E-state index contributed by atoms with van der Waals surface area (Å²) in [5.74, 6) is -1.000. The van der Waals surface area contributed by atoms with Gasteiger partial charge in [-0.1, -0.05) is 19.6 Å². The fraction of sp³-hybridized carbons (Fsp3) is 0.781. The lowest BCUT2D eigenvalue weighted by Gasteiger charge is -2.37. The van der Waals surface area contributed by atoms with Crippen molar-refractivity contribution in [3.05, 3.63) is 17.3 Å². The zero-order chi connectivity index (χ0) is 39.6. The highest BCUT2D eigenvalue weighted by Gasteiger charge is 2.59. The number of hydrogen-bond donors (Lipinski definition) is 2. The maximum atomic E-state index is 14.5. The third kappa shape index (κ3) is 9.55. The van der Waals surface area contributed by atoms with E-state index in [1.54, 1.807) is 27.7 Å². The van der Waals surface area contributed by atoms with Crippen LogP contribution in [0.4, 0.5) is 4.79 Å². The summed E-state index contributed by atoms with van der Waals surface area (Å²) in [5, 5.41) is 29.1. The first-order valence-electron chi connectivity index (χ1n) is 18.5. The van der Waals surface area contributed by atoms with Crippen molar-refractivity contribution in [2.75, 3.05) is 33.0 Å². The first kappa shape index (κ1) is 41.9. The standard InChI is InChI=1S/C32H51ClN9O11PSi/c1-8-48-54(45,49-9-2)32(18-43,15-23-38-40-41(39-23)19-46-13-14-55(5,6)7)47-17-22-24-25(53-31(3,4)52-24)28(50-22)42-26-21(16-34-42)27(37-29(33)36-26)51-30(44)35-20-11-10-12-20/h16,20,22,24-25,28,43H,8-15,17-19H2,1-7H3,(H,35,44)/t22-,24-,25-,28-,32-/m1/s1. The lowest BCUT2D eigenvalue weighted by atomic mass is 9.93. The van der Waals surface area contributed by atoms with Crippen molar-refractivity contribution in [2.45, 2.75) is 128 Å². The van der Waals surface area contributed by atoms with E-state index in [-0.39, 0.29) is 61.6 Å². The van der Waals surface area contributed by atoms with E-state index in [9.17, 15) is 14.5 Å². The Balaban J connectivity index is 1.24. The number of aliphatic hydroxyl groups excluding tert-OH is 1. The molecule has 2 saturated heterocycles. The van der Waals surface area contributed by atoms with Crippen LogP contribution in [0, 0.1) is 0 Å². The first-order valence-corrected chi connectivity index (χ1v) is 24.1. The van der Waals surface area contributed by atoms with Crippen molar-refractivity contribution in [2.24, 2.45) is 0 Å². The highest BCUT2D eigenvalue weighted by Crippen LogP contribution is 2.62. The number of halogens is 1. The largest absolute Gasteiger partial charge is 0.414 e. The van der Waals surface area contributed by atoms with Crippen LogP contribution in [-0.2, 0) is 50.4 Å². The Kier molecular flexibility index (Phi) is 13.0. The van der Waals surface area contributed by atoms with Crippen LogP contribution < -0.4 is 10.1 Å². The van der Waals surface area contributed by atoms with Crippen LogP contribution in [0.2, 0.25) is 31.0 Å². The van der Waals surface area contributed by atoms with E-state index in [0.717, 1.165) is 25.3 Å². The molecule has 306 valence electrons. The highest BCUT2D eigenvalue weighted by atomic mass is 35.5. The normalized spacial score (nSPS) is 23.8. The molecule has 5 heterocycles. The fourth-order valence-corrected chi connectivity index (χ4v) is 9.28. The van der Waals surface area contributed by atoms with Gasteiger partial charge in [0.25, 0.3) is 0 Å². The van der Waals surface area contributed by atoms with Crippen molar-refractivity contribution >= 4 is 44.4 Å². The van der Waals surface area contributed by atoms with Gasteiger partial charge in [0.05, 0.1) is 39.0 Å². The van der Waals surface area contributed by atoms with Crippen LogP contribution in [0.15, 0.2) is 6.20 Å². The molecule has 3 aromatic heterocycles. The molecule has 1 saturated carbocycles. The van der Waals surface area contributed by atoms with Gasteiger partial charge in [-0.15, -0.1) is 15.0 Å². The Hall–Kier alpha value is -2.69. The topological polar surface area (TPSA) is 227 Å². The molecule has 3 aliphatic rings. The monoisotopic (exact) mass is 831 g/mol. The Bertz CT molecular complexity index is 1830. The van der Waals surface area contributed by atoms with E-state index in [0.29, 0.717) is 12.0 Å². The number of fused-ring (bicyclic) bond motifs is 2. The molecule has 1 aliphatic carbocycles. The van der Waals surface area contributed by atoms with Gasteiger partial charge in [-0.25, -0.2) is 9.48 Å². The van der Waals surface area contributed by atoms with Crippen LogP contribution in [0.1, 0.15) is 59.0 Å². The third-order valence-corrected chi connectivity index (χ3v) is 13.9. The highest BCUT2D eigenvalue weighted by molar-refractivity contribution is 7.55. The van der Waals surface area contributed by atoms with Crippen LogP contribution in [0.3, 0.4) is 0 Å². The molecule has 20 nitrogen and oxygen atoms in total. The molecule has 2 N–H and O–H groups in total. The van der Waals surface area contributed by atoms with E-state index in [1.165, 1.54) is 15.7 Å². The van der Waals surface area contributed by atoms with Crippen molar-refractivity contribution in [3.8, 4) is 5.88 Å². The number of hydrogen-bond acceptors (Lipinski definition) is 17. The molecule has 3 fully saturated rings. The van der Waals surface area contributed by atoms with Crippen molar-refractivity contribution in [3.63, 3.8) is 0 Å². The van der Waals surface area contributed by atoms with Crippen molar-refractivity contribution < 1.29 is 51.9 Å². The lowest BCUT2D eigenvalue weighted by molar-refractivity contribution is -0.207. The minimum Gasteiger partial charge on any atom is -0.393 e. The summed E-state index contributed by atoms with van der Waals surface area (Å²) in [6, 6.07) is 1.01. The summed E-state index contributed by atoms with van der Waals surface area (Å²) in [5.41, 5.74) is 0.214. The Morgan fingerprint density at radius 2 is 1.89 bits per heavy atom. The van der Waals surface area contributed by atoms with Crippen molar-refractivity contribution in [1.82, 2.24) is 45.3 Å². The molecule has 0 bridgehead atoms. The van der Waals surface area contributed by atoms with Crippen LogP contribution in [-0.4, -0.2) is 128 Å². The molecule has 6 rings (SSSR count). The molecule has 55 heavy (non-hydrogen) atoms. The number of amides is 1. The number of rotatable bonds is 19. The molecule has 5 atom stereocenters. The molecule has 0 aromatic carbocycles. The number of nitrogens with one attached hydrogen (secondary N) is 1. The average Bonchev–Trinajstić information content (AvgIpc) is 3.86. The number of carbonyl (C=O) groups is 1. The summed E-state index contributed by atoms with van der Waals surface area (Å²) in [6.45, 7) is 13.1. The molecular formula is C32H51ClN9O11PSi. The van der Waals surface area contributed by atoms with Gasteiger partial charge in [0.15, 0.2) is 35.6 Å². The van der Waals surface area contributed by atoms with Gasteiger partial charge in [-0.05, 0) is 69.8 Å². The summed E-state index contributed by atoms with van der Waals surface area (Å²) in [4.78, 5) is 22.4. The fourth-order valence-electron chi connectivity index (χ4n) is 6.40. The van der Waals surface area contributed by atoms with Gasteiger partial charge in [-0.2, -0.15) is 15.1 Å². The first-order chi connectivity index (χ1) is 26.1. The minimum atomic E-state index is -4.24. The lowest BCUT2D eigenvalue weighted by Crippen LogP contribution is -2.44. The van der Waals surface area contributed by atoms with E-state index in [4.69, 9.17) is 49.1 Å². The maximum absolute atomic E-state index is 14.5. The zero-order valence-corrected chi connectivity index (χ0v) is 34.8. The third-order valence-electron chi connectivity index (χ3n) is 9.37. The van der Waals surface area contributed by atoms with Crippen LogP contribution in [0.25, 0.3) is 11.0 Å². The zero-order valence-electron chi connectivity index (χ0n) is 32.2. The van der Waals surface area contributed by atoms with E-state index < -0.39 is 64.0 Å². The number of nitrogens with zero attached hydrogens (tertiary/aromatic N) is 8. The van der Waals surface area contributed by atoms with Gasteiger partial charge in [0.2, 0.25) is 11.2 Å². The van der Waals surface area contributed by atoms with E-state index in [2.05, 4.69) is 55.4 Å². The predicted octanol–water partition coefficient (Wildman–Crippen LogP) is 4.05. The second-order valence-electron chi connectivity index (χ2n) is 15.3. The second-order valence-corrected chi connectivity index (χ2v) is 23.6. The number of aliphatic hydroxyl groups is 1. The molecule has 1 amide bonds. The molecule has 0 radical (unpaired) electrons. The summed E-state index contributed by atoms with van der Waals surface area (Å²) >= 11 is 6.31. The number of tetrazole rings is 1. The van der Waals surface area contributed by atoms with Gasteiger partial charge >= 0.3 is 13.7 Å². The SMILES string of the molecule is CCOP(=O)(OCC)[C@@](CO)(Cc1nnn(COCC[Si](C)(C)C)n1)OC[C@H]1O[C@@H](n2ncc3c(OC(=O)NC4CCC4)nc(Cl)nc32)[C@@H]2OC(C)(C)O[C@@H]21. The minimum absolute atomic E-state index is 0.00396. The average molecular weight is 832 g/mol. The number of aromatic nitrogens is 8. The summed E-state index contributed by atoms with van der Waals surface area (Å²) in [6.07, 6.45) is -0.0310. The van der Waals surface area contributed by atoms with E-state index >= 15 is 0 Å². The van der Waals surface area contributed by atoms with Crippen molar-refractivity contribution in [1.29, 1.82) is 0 Å². The number of carbonyl (C=O) groups excluding carboxylic acids is 1. The Morgan fingerprint density at radius 3 is 2.55 bits per heavy atom.